The number of hydrogen-bond donors (Lipinski definition) is 4. The molecule has 12 rings (SSSR count). The number of rotatable bonds is 22. The third kappa shape index (κ3) is 12.9. The molecule has 4 aromatic carbocycles. The van der Waals surface area contributed by atoms with Crippen LogP contribution in [0.5, 0.6) is 11.5 Å². The lowest BCUT2D eigenvalue weighted by Crippen LogP contribution is -2.41. The molecule has 0 spiro atoms. The molecule has 4 heterocycles. The lowest BCUT2D eigenvalue weighted by Gasteiger charge is -2.24. The van der Waals surface area contributed by atoms with Crippen LogP contribution in [0.4, 0.5) is 0 Å². The summed E-state index contributed by atoms with van der Waals surface area (Å²) in [4.78, 5) is 53.4. The van der Waals surface area contributed by atoms with Gasteiger partial charge in [-0.05, 0) is 159 Å². The molecule has 4 atom stereocenters. The van der Waals surface area contributed by atoms with Gasteiger partial charge in [-0.3, -0.25) is 19.2 Å². The maximum Gasteiger partial charge on any atom is 0.312 e. The van der Waals surface area contributed by atoms with E-state index in [0.29, 0.717) is 37.0 Å². The van der Waals surface area contributed by atoms with Crippen molar-refractivity contribution < 1.29 is 50.6 Å². The number of likely N-dealkylation sites (N-methyl/N-ethyl adjacent to an activating group) is 2. The number of carboxylic acid groups (broad SMARTS) is 1. The summed E-state index contributed by atoms with van der Waals surface area (Å²) in [7, 11) is -2.06. The van der Waals surface area contributed by atoms with E-state index in [1.807, 2.05) is 48.5 Å². The molecule has 5 N–H and O–H groups in total. The molecule has 4 saturated carbocycles. The van der Waals surface area contributed by atoms with Gasteiger partial charge in [0.2, 0.25) is 0 Å². The van der Waals surface area contributed by atoms with Crippen molar-refractivity contribution in [2.45, 2.75) is 139 Å². The van der Waals surface area contributed by atoms with Crippen molar-refractivity contribution in [2.75, 3.05) is 47.9 Å². The maximum absolute atomic E-state index is 14.0. The molecule has 20 heteroatoms. The number of amides is 2. The summed E-state index contributed by atoms with van der Waals surface area (Å²) in [6.45, 7) is 16.1. The smallest absolute Gasteiger partial charge is 0.312 e. The zero-order chi connectivity index (χ0) is 65.2. The average Bonchev–Trinajstić information content (AvgIpc) is 1.53. The summed E-state index contributed by atoms with van der Waals surface area (Å²) >= 11 is 0. The summed E-state index contributed by atoms with van der Waals surface area (Å²) < 4.78 is 72.9. The van der Waals surface area contributed by atoms with Gasteiger partial charge in [-0.1, -0.05) is 75.0 Å². The molecule has 6 aromatic rings. The van der Waals surface area contributed by atoms with Gasteiger partial charge in [0.25, 0.3) is 11.8 Å². The van der Waals surface area contributed by atoms with Crippen LogP contribution < -0.4 is 24.7 Å². The second kappa shape index (κ2) is 27.3. The molecule has 0 radical (unpaired) electrons. The predicted molar refractivity (Wildman–Crippen MR) is 358 cm³/mol. The number of allylic oxidation sites excluding steroid dienone is 1. The first-order chi connectivity index (χ1) is 43.7. The standard InChI is InChI=1S/C36H43N3O5S.C31H35N3O6S.C4H9N/c1-5-7-9-14-32(40)36-22-30(36)29-21-26(44-4)16-18-27(29)34-33(24-12-10-8-11-13-24)28-17-15-25(20-31(28)39(34)23-36)35(41)37-45(42,43)38(3)19-6-2;1-4-14-33(2)41(38,39)32-29(35)20-10-12-23-26(15-20)34-18-31(30(36)37)17-25(31)24-16-21(40-3)11-13-22(24)28(34)27(23)19-8-6-5-7-9-19;1-2-3-4-5/h5-6,15-18,20-21,24,30H,1-2,7-14,19,22-23H2,3-4H3,(H,37,41);4,10-13,15-16,19,25H,1,5-9,14,17-18H2,2-3H3,(H,32,35)(H,36,37);2H,1,3-5H2. The summed E-state index contributed by atoms with van der Waals surface area (Å²) in [5, 5.41) is 12.5. The molecule has 2 aromatic heterocycles. The number of nitrogens with two attached hydrogens (primary N) is 1. The highest BCUT2D eigenvalue weighted by Gasteiger charge is 2.64. The van der Waals surface area contributed by atoms with Crippen molar-refractivity contribution in [1.82, 2.24) is 27.2 Å². The molecule has 2 amide bonds. The summed E-state index contributed by atoms with van der Waals surface area (Å²) in [5.74, 6) is 0.0711. The Morgan fingerprint density at radius 3 is 1.44 bits per heavy atom. The van der Waals surface area contributed by atoms with Crippen LogP contribution in [-0.4, -0.2) is 111 Å². The number of carbonyl (C=O) groups excluding carboxylic acids is 3. The minimum Gasteiger partial charge on any atom is -0.497 e. The minimum atomic E-state index is -4.06. The van der Waals surface area contributed by atoms with E-state index < -0.39 is 49.0 Å². The van der Waals surface area contributed by atoms with Crippen molar-refractivity contribution >= 4 is 65.8 Å². The summed E-state index contributed by atoms with van der Waals surface area (Å²) in [6, 6.07) is 23.0. The van der Waals surface area contributed by atoms with Crippen LogP contribution in [0.1, 0.15) is 169 Å². The van der Waals surface area contributed by atoms with Gasteiger partial charge in [0.15, 0.2) is 0 Å². The Labute approximate surface area is 535 Å². The largest absolute Gasteiger partial charge is 0.497 e. The highest BCUT2D eigenvalue weighted by molar-refractivity contribution is 7.88. The molecular formula is C71H87N7O11S2. The average molecular weight is 1280 g/mol. The lowest BCUT2D eigenvalue weighted by molar-refractivity contribution is -0.144. The lowest BCUT2D eigenvalue weighted by atomic mass is 9.81. The highest BCUT2D eigenvalue weighted by atomic mass is 32.2. The number of nitrogens with one attached hydrogen (secondary N) is 2. The number of aromatic nitrogens is 2. The van der Waals surface area contributed by atoms with Gasteiger partial charge in [0.05, 0.1) is 36.4 Å². The van der Waals surface area contributed by atoms with E-state index in [1.54, 1.807) is 38.5 Å². The number of aliphatic carboxylic acids is 1. The fraction of sp³-hybridized carbons (Fsp3) is 0.437. The van der Waals surface area contributed by atoms with E-state index in [9.17, 15) is 41.1 Å². The van der Waals surface area contributed by atoms with Crippen LogP contribution in [0.2, 0.25) is 0 Å². The van der Waals surface area contributed by atoms with Crippen LogP contribution >= 0.6 is 0 Å². The van der Waals surface area contributed by atoms with Crippen LogP contribution in [0.25, 0.3) is 44.3 Å². The number of hydrogen-bond acceptors (Lipinski definition) is 11. The number of Topliss-reactive ketones (excluding diaryl/α,β-unsaturated/α-hetero) is 1. The van der Waals surface area contributed by atoms with E-state index in [0.717, 1.165) is 153 Å². The normalized spacial score (nSPS) is 20.6. The molecule has 484 valence electrons. The van der Waals surface area contributed by atoms with Crippen molar-refractivity contribution in [2.24, 2.45) is 16.6 Å². The number of unbranched alkanes of at least 4 members (excludes halogenated alkanes) is 1. The fourth-order valence-electron chi connectivity index (χ4n) is 14.8. The van der Waals surface area contributed by atoms with Gasteiger partial charge >= 0.3 is 26.4 Å². The number of ketones is 1. The molecular weight excluding hydrogens is 1190 g/mol. The number of carbonyl (C=O) groups is 4. The van der Waals surface area contributed by atoms with E-state index >= 15 is 0 Å². The van der Waals surface area contributed by atoms with Crippen molar-refractivity contribution in [1.29, 1.82) is 0 Å². The van der Waals surface area contributed by atoms with E-state index in [4.69, 9.17) is 15.2 Å². The maximum atomic E-state index is 14.0. The number of benzene rings is 4. The van der Waals surface area contributed by atoms with Crippen molar-refractivity contribution in [3.63, 3.8) is 0 Å². The second-order valence-corrected chi connectivity index (χ2v) is 28.9. The summed E-state index contributed by atoms with van der Waals surface area (Å²) in [6.07, 6.45) is 22.1. The number of carboxylic acids is 1. The van der Waals surface area contributed by atoms with E-state index in [-0.39, 0.29) is 48.4 Å². The molecule has 91 heavy (non-hydrogen) atoms. The molecule has 2 aliphatic heterocycles. The molecule has 18 nitrogen and oxygen atoms in total. The van der Waals surface area contributed by atoms with Crippen LogP contribution in [-0.2, 0) is 43.1 Å². The third-order valence-corrected chi connectivity index (χ3v) is 22.6. The Bertz CT molecular complexity index is 4080. The van der Waals surface area contributed by atoms with Gasteiger partial charge in [-0.25, -0.2) is 9.44 Å². The second-order valence-electron chi connectivity index (χ2n) is 25.3. The van der Waals surface area contributed by atoms with Crippen LogP contribution in [0.3, 0.4) is 0 Å². The molecule has 6 aliphatic rings. The van der Waals surface area contributed by atoms with Gasteiger partial charge in [-0.15, -0.1) is 26.3 Å². The first-order valence-corrected chi connectivity index (χ1v) is 34.7. The predicted octanol–water partition coefficient (Wildman–Crippen LogP) is 12.4. The zero-order valence-electron chi connectivity index (χ0n) is 52.9. The monoisotopic (exact) mass is 1280 g/mol. The minimum absolute atomic E-state index is 0.0568. The molecule has 4 fully saturated rings. The van der Waals surface area contributed by atoms with Gasteiger partial charge in [0, 0.05) is 103 Å². The Hall–Kier alpha value is -7.62. The first-order valence-electron chi connectivity index (χ1n) is 31.8. The zero-order valence-corrected chi connectivity index (χ0v) is 54.6. The van der Waals surface area contributed by atoms with Gasteiger partial charge in [-0.2, -0.15) is 25.4 Å². The Morgan fingerprint density at radius 1 is 0.615 bits per heavy atom. The Morgan fingerprint density at radius 2 is 1.04 bits per heavy atom. The summed E-state index contributed by atoms with van der Waals surface area (Å²) in [5.41, 5.74) is 14.5. The fourth-order valence-corrected chi connectivity index (χ4v) is 16.4. The first kappa shape index (κ1) is 66.3. The SMILES string of the molecule is C=CCCCC(=O)C12CC1c1cc(OC)ccc1-c1c(C3CCCCC3)c3ccc(C(=O)NS(=O)(=O)N(C)CC=C)cc3n1C2.C=CCCN.C=CCN(C)S(=O)(=O)NC(=O)c1ccc2c(C3CCCCC3)c3n(c2c1)CC1(C(=O)O)CC1c1cc(OC)ccc1-3. The number of methoxy groups -OCH3 is 2. The van der Waals surface area contributed by atoms with Gasteiger partial charge < -0.3 is 29.4 Å². The Kier molecular flexibility index (Phi) is 19.9. The number of fused-ring (bicyclic) bond motifs is 14. The van der Waals surface area contributed by atoms with E-state index in [2.05, 4.69) is 57.0 Å². The quantitative estimate of drug-likeness (QED) is 0.0366. The van der Waals surface area contributed by atoms with Crippen molar-refractivity contribution in [3.8, 4) is 34.0 Å². The van der Waals surface area contributed by atoms with Gasteiger partial charge in [0.1, 0.15) is 17.3 Å². The highest BCUT2D eigenvalue weighted by Crippen LogP contribution is 2.67. The van der Waals surface area contributed by atoms with E-state index in [1.165, 1.54) is 50.2 Å². The number of ether oxygens (including phenoxy) is 2. The molecule has 0 bridgehead atoms. The molecule has 4 unspecified atom stereocenters. The third-order valence-electron chi connectivity index (χ3n) is 19.8. The van der Waals surface area contributed by atoms with Crippen LogP contribution in [0.15, 0.2) is 123 Å². The van der Waals surface area contributed by atoms with Crippen molar-refractivity contribution in [3.05, 3.63) is 157 Å². The topological polar surface area (TPSA) is 242 Å². The number of nitrogens with zero attached hydrogens (tertiary/aromatic N) is 4. The van der Waals surface area contributed by atoms with Crippen LogP contribution in [0, 0.1) is 10.8 Å². The molecule has 4 aliphatic carbocycles. The Balaban J connectivity index is 0.000000187. The molecule has 0 saturated heterocycles.